The minimum atomic E-state index is 0.107. The number of thioether (sulfide) groups is 1. The van der Waals surface area contributed by atoms with Gasteiger partial charge in [-0.2, -0.15) is 0 Å². The molecule has 0 spiro atoms. The standard InChI is InChI=1S/C12H15BrN2OS/c1-8-2-3-9(4-11(8)13)15-10(5-14)6-17-7-12(15)16/h2-4,10H,5-7,14H2,1H3. The predicted molar refractivity (Wildman–Crippen MR) is 76.5 cm³/mol. The number of rotatable bonds is 2. The summed E-state index contributed by atoms with van der Waals surface area (Å²) in [6, 6.07) is 6.10. The van der Waals surface area contributed by atoms with Crippen LogP contribution in [0.3, 0.4) is 0 Å². The normalized spacial score (nSPS) is 20.8. The number of nitrogens with zero attached hydrogens (tertiary/aromatic N) is 1. The van der Waals surface area contributed by atoms with E-state index in [2.05, 4.69) is 15.9 Å². The summed E-state index contributed by atoms with van der Waals surface area (Å²) < 4.78 is 1.02. The van der Waals surface area contributed by atoms with Gasteiger partial charge in [0.05, 0.1) is 11.8 Å². The quantitative estimate of drug-likeness (QED) is 0.910. The van der Waals surface area contributed by atoms with Crippen LogP contribution >= 0.6 is 27.7 Å². The van der Waals surface area contributed by atoms with E-state index in [0.717, 1.165) is 21.5 Å². The SMILES string of the molecule is Cc1ccc(N2C(=O)CSCC2CN)cc1Br. The topological polar surface area (TPSA) is 46.3 Å². The molecule has 0 aliphatic carbocycles. The highest BCUT2D eigenvalue weighted by atomic mass is 79.9. The third kappa shape index (κ3) is 2.67. The van der Waals surface area contributed by atoms with E-state index in [4.69, 9.17) is 5.73 Å². The zero-order chi connectivity index (χ0) is 12.4. The molecule has 1 aliphatic heterocycles. The van der Waals surface area contributed by atoms with E-state index in [1.807, 2.05) is 30.0 Å². The molecule has 0 aromatic heterocycles. The minimum absolute atomic E-state index is 0.107. The molecule has 2 N–H and O–H groups in total. The van der Waals surface area contributed by atoms with Gasteiger partial charge in [-0.15, -0.1) is 11.8 Å². The second-order valence-corrected chi connectivity index (χ2v) is 5.99. The summed E-state index contributed by atoms with van der Waals surface area (Å²) in [6.07, 6.45) is 0. The number of anilines is 1. The van der Waals surface area contributed by atoms with E-state index in [9.17, 15) is 4.79 Å². The van der Waals surface area contributed by atoms with Gasteiger partial charge in [0.25, 0.3) is 0 Å². The molecule has 0 bridgehead atoms. The number of nitrogens with two attached hydrogens (primary N) is 1. The molecule has 1 aliphatic rings. The number of amides is 1. The van der Waals surface area contributed by atoms with Crippen molar-refractivity contribution in [2.45, 2.75) is 13.0 Å². The number of hydrogen-bond acceptors (Lipinski definition) is 3. The maximum Gasteiger partial charge on any atom is 0.237 e. The summed E-state index contributed by atoms with van der Waals surface area (Å²) in [6.45, 7) is 2.53. The van der Waals surface area contributed by atoms with Crippen LogP contribution in [0.1, 0.15) is 5.56 Å². The molecule has 1 aromatic carbocycles. The lowest BCUT2D eigenvalue weighted by molar-refractivity contribution is -0.116. The first-order chi connectivity index (χ1) is 8.13. The Kier molecular flexibility index (Phi) is 4.12. The van der Waals surface area contributed by atoms with Crippen molar-refractivity contribution in [2.75, 3.05) is 23.0 Å². The summed E-state index contributed by atoms with van der Waals surface area (Å²) in [4.78, 5) is 13.8. The van der Waals surface area contributed by atoms with Crippen molar-refractivity contribution in [1.29, 1.82) is 0 Å². The number of halogens is 1. The molecular weight excluding hydrogens is 300 g/mol. The van der Waals surface area contributed by atoms with Gasteiger partial charge in [-0.3, -0.25) is 4.79 Å². The van der Waals surface area contributed by atoms with Crippen LogP contribution in [0.25, 0.3) is 0 Å². The number of carbonyl (C=O) groups excluding carboxylic acids is 1. The first-order valence-electron chi connectivity index (χ1n) is 5.49. The van der Waals surface area contributed by atoms with Crippen LogP contribution in [-0.4, -0.2) is 30.0 Å². The Balaban J connectivity index is 2.34. The molecule has 1 saturated heterocycles. The maximum absolute atomic E-state index is 12.0. The summed E-state index contributed by atoms with van der Waals surface area (Å²) in [7, 11) is 0. The second-order valence-electron chi connectivity index (χ2n) is 4.10. The van der Waals surface area contributed by atoms with Gasteiger partial charge in [0.15, 0.2) is 0 Å². The highest BCUT2D eigenvalue weighted by molar-refractivity contribution is 9.10. The molecule has 2 rings (SSSR count). The predicted octanol–water partition coefficient (Wildman–Crippen LogP) is 2.16. The molecule has 1 unspecified atom stereocenters. The van der Waals surface area contributed by atoms with Crippen LogP contribution in [0.2, 0.25) is 0 Å². The van der Waals surface area contributed by atoms with E-state index < -0.39 is 0 Å². The summed E-state index contributed by atoms with van der Waals surface area (Å²) in [5.41, 5.74) is 7.84. The van der Waals surface area contributed by atoms with Gasteiger partial charge in [0, 0.05) is 22.5 Å². The van der Waals surface area contributed by atoms with Crippen LogP contribution in [0.4, 0.5) is 5.69 Å². The Morgan fingerprint density at radius 3 is 3.00 bits per heavy atom. The minimum Gasteiger partial charge on any atom is -0.328 e. The molecule has 1 fully saturated rings. The van der Waals surface area contributed by atoms with Gasteiger partial charge < -0.3 is 10.6 Å². The smallest absolute Gasteiger partial charge is 0.237 e. The van der Waals surface area contributed by atoms with Gasteiger partial charge in [0.2, 0.25) is 5.91 Å². The molecule has 1 heterocycles. The molecule has 1 aromatic rings. The van der Waals surface area contributed by atoms with Gasteiger partial charge in [0.1, 0.15) is 0 Å². The van der Waals surface area contributed by atoms with E-state index in [1.54, 1.807) is 11.8 Å². The molecule has 0 radical (unpaired) electrons. The molecular formula is C12H15BrN2OS. The number of aryl methyl sites for hydroxylation is 1. The Labute approximate surface area is 114 Å². The number of benzene rings is 1. The Morgan fingerprint density at radius 1 is 1.59 bits per heavy atom. The fraction of sp³-hybridized carbons (Fsp3) is 0.417. The van der Waals surface area contributed by atoms with E-state index in [0.29, 0.717) is 12.3 Å². The van der Waals surface area contributed by atoms with E-state index in [1.165, 1.54) is 0 Å². The van der Waals surface area contributed by atoms with E-state index >= 15 is 0 Å². The molecule has 1 amide bonds. The zero-order valence-corrected chi connectivity index (χ0v) is 12.1. The van der Waals surface area contributed by atoms with Crippen molar-refractivity contribution in [3.05, 3.63) is 28.2 Å². The maximum atomic E-state index is 12.0. The van der Waals surface area contributed by atoms with Crippen molar-refractivity contribution in [2.24, 2.45) is 5.73 Å². The monoisotopic (exact) mass is 314 g/mol. The van der Waals surface area contributed by atoms with Crippen LogP contribution in [-0.2, 0) is 4.79 Å². The largest absolute Gasteiger partial charge is 0.328 e. The highest BCUT2D eigenvalue weighted by Gasteiger charge is 2.28. The fourth-order valence-electron chi connectivity index (χ4n) is 1.89. The average Bonchev–Trinajstić information content (AvgIpc) is 2.32. The first-order valence-corrected chi connectivity index (χ1v) is 7.44. The van der Waals surface area contributed by atoms with Gasteiger partial charge in [-0.05, 0) is 24.6 Å². The van der Waals surface area contributed by atoms with Crippen molar-refractivity contribution in [3.8, 4) is 0 Å². The first kappa shape index (κ1) is 12.9. The molecule has 92 valence electrons. The Hall–Kier alpha value is -0.520. The lowest BCUT2D eigenvalue weighted by Gasteiger charge is -2.34. The van der Waals surface area contributed by atoms with Crippen LogP contribution in [0.15, 0.2) is 22.7 Å². The molecule has 3 nitrogen and oxygen atoms in total. The fourth-order valence-corrected chi connectivity index (χ4v) is 3.25. The number of hydrogen-bond donors (Lipinski definition) is 1. The van der Waals surface area contributed by atoms with Crippen molar-refractivity contribution < 1.29 is 4.79 Å². The summed E-state index contributed by atoms with van der Waals surface area (Å²) >= 11 is 5.16. The highest BCUT2D eigenvalue weighted by Crippen LogP contribution is 2.28. The van der Waals surface area contributed by atoms with E-state index in [-0.39, 0.29) is 11.9 Å². The lowest BCUT2D eigenvalue weighted by atomic mass is 10.1. The Bertz CT molecular complexity index is 439. The van der Waals surface area contributed by atoms with Crippen molar-refractivity contribution in [3.63, 3.8) is 0 Å². The molecule has 0 saturated carbocycles. The second kappa shape index (κ2) is 5.42. The molecule has 5 heteroatoms. The molecule has 17 heavy (non-hydrogen) atoms. The average molecular weight is 315 g/mol. The third-order valence-electron chi connectivity index (χ3n) is 2.88. The van der Waals surface area contributed by atoms with Crippen LogP contribution < -0.4 is 10.6 Å². The van der Waals surface area contributed by atoms with Crippen LogP contribution in [0, 0.1) is 6.92 Å². The Morgan fingerprint density at radius 2 is 2.35 bits per heavy atom. The van der Waals surface area contributed by atoms with Crippen molar-refractivity contribution >= 4 is 39.3 Å². The van der Waals surface area contributed by atoms with Crippen molar-refractivity contribution in [1.82, 2.24) is 0 Å². The third-order valence-corrected chi connectivity index (χ3v) is 4.80. The lowest BCUT2D eigenvalue weighted by Crippen LogP contribution is -2.50. The summed E-state index contributed by atoms with van der Waals surface area (Å²) in [5.74, 6) is 1.60. The van der Waals surface area contributed by atoms with Gasteiger partial charge in [-0.1, -0.05) is 22.0 Å². The summed E-state index contributed by atoms with van der Waals surface area (Å²) in [5, 5.41) is 0. The number of carbonyl (C=O) groups is 1. The zero-order valence-electron chi connectivity index (χ0n) is 9.65. The molecule has 1 atom stereocenters. The van der Waals surface area contributed by atoms with Gasteiger partial charge >= 0.3 is 0 Å². The van der Waals surface area contributed by atoms with Gasteiger partial charge in [-0.25, -0.2) is 0 Å². The van der Waals surface area contributed by atoms with Crippen LogP contribution in [0.5, 0.6) is 0 Å².